The van der Waals surface area contributed by atoms with Gasteiger partial charge in [-0.2, -0.15) is 0 Å². The SMILES string of the molecule is CCc1nc(C)c(C(=O)N2CCCC(NC)C2)s1. The zero-order chi connectivity index (χ0) is 13.1. The van der Waals surface area contributed by atoms with E-state index >= 15 is 0 Å². The van der Waals surface area contributed by atoms with Crippen molar-refractivity contribution in [3.05, 3.63) is 15.6 Å². The fourth-order valence-electron chi connectivity index (χ4n) is 2.34. The van der Waals surface area contributed by atoms with Crippen molar-refractivity contribution >= 4 is 17.2 Å². The molecule has 1 aromatic heterocycles. The largest absolute Gasteiger partial charge is 0.336 e. The third-order valence-corrected chi connectivity index (χ3v) is 4.74. The Hall–Kier alpha value is -0.940. The Labute approximate surface area is 112 Å². The molecule has 0 radical (unpaired) electrons. The summed E-state index contributed by atoms with van der Waals surface area (Å²) in [7, 11) is 1.96. The first-order chi connectivity index (χ1) is 8.65. The van der Waals surface area contributed by atoms with Crippen molar-refractivity contribution in [1.82, 2.24) is 15.2 Å². The number of amides is 1. The predicted octanol–water partition coefficient (Wildman–Crippen LogP) is 1.84. The van der Waals surface area contributed by atoms with Crippen LogP contribution < -0.4 is 5.32 Å². The first kappa shape index (κ1) is 13.5. The van der Waals surface area contributed by atoms with Crippen molar-refractivity contribution in [2.45, 2.75) is 39.2 Å². The standard InChI is InChI=1S/C13H21N3OS/c1-4-11-15-9(2)12(18-11)13(17)16-7-5-6-10(8-16)14-3/h10,14H,4-8H2,1-3H3. The Kier molecular flexibility index (Phi) is 4.35. The van der Waals surface area contributed by atoms with E-state index in [1.165, 1.54) is 0 Å². The first-order valence-corrected chi connectivity index (χ1v) is 7.40. The molecule has 1 aliphatic heterocycles. The van der Waals surface area contributed by atoms with E-state index < -0.39 is 0 Å². The van der Waals surface area contributed by atoms with E-state index in [4.69, 9.17) is 0 Å². The smallest absolute Gasteiger partial charge is 0.265 e. The highest BCUT2D eigenvalue weighted by Crippen LogP contribution is 2.22. The summed E-state index contributed by atoms with van der Waals surface area (Å²) in [6.07, 6.45) is 3.13. The van der Waals surface area contributed by atoms with Crippen LogP contribution >= 0.6 is 11.3 Å². The summed E-state index contributed by atoms with van der Waals surface area (Å²) in [5, 5.41) is 4.32. The van der Waals surface area contributed by atoms with E-state index in [1.807, 2.05) is 18.9 Å². The van der Waals surface area contributed by atoms with Gasteiger partial charge in [0.05, 0.1) is 10.7 Å². The number of rotatable bonds is 3. The third-order valence-electron chi connectivity index (χ3n) is 3.45. The summed E-state index contributed by atoms with van der Waals surface area (Å²) in [4.78, 5) is 19.7. The topological polar surface area (TPSA) is 45.2 Å². The van der Waals surface area contributed by atoms with E-state index in [9.17, 15) is 4.79 Å². The molecule has 1 aromatic rings. The number of likely N-dealkylation sites (tertiary alicyclic amines) is 1. The summed E-state index contributed by atoms with van der Waals surface area (Å²) in [6, 6.07) is 0.432. The zero-order valence-electron chi connectivity index (χ0n) is 11.3. The van der Waals surface area contributed by atoms with Crippen LogP contribution in [-0.2, 0) is 6.42 Å². The van der Waals surface area contributed by atoms with Crippen molar-refractivity contribution in [1.29, 1.82) is 0 Å². The first-order valence-electron chi connectivity index (χ1n) is 6.58. The van der Waals surface area contributed by atoms with Gasteiger partial charge in [0.15, 0.2) is 0 Å². The number of likely N-dealkylation sites (N-methyl/N-ethyl adjacent to an activating group) is 1. The second-order valence-electron chi connectivity index (χ2n) is 4.75. The highest BCUT2D eigenvalue weighted by molar-refractivity contribution is 7.13. The van der Waals surface area contributed by atoms with Gasteiger partial charge in [0, 0.05) is 19.1 Å². The maximum atomic E-state index is 12.5. The number of carbonyl (C=O) groups excluding carboxylic acids is 1. The van der Waals surface area contributed by atoms with Gasteiger partial charge in [0.2, 0.25) is 0 Å². The fourth-order valence-corrected chi connectivity index (χ4v) is 3.32. The average molecular weight is 267 g/mol. The summed E-state index contributed by atoms with van der Waals surface area (Å²) >= 11 is 1.55. The number of nitrogens with zero attached hydrogens (tertiary/aromatic N) is 2. The molecule has 5 heteroatoms. The van der Waals surface area contributed by atoms with Crippen LogP contribution in [0.4, 0.5) is 0 Å². The molecule has 0 aliphatic carbocycles. The summed E-state index contributed by atoms with van der Waals surface area (Å²) < 4.78 is 0. The normalized spacial score (nSPS) is 20.2. The predicted molar refractivity (Wildman–Crippen MR) is 74.2 cm³/mol. The van der Waals surface area contributed by atoms with Gasteiger partial charge in [-0.15, -0.1) is 11.3 Å². The van der Waals surface area contributed by atoms with Gasteiger partial charge in [-0.05, 0) is 33.2 Å². The minimum absolute atomic E-state index is 0.157. The summed E-state index contributed by atoms with van der Waals surface area (Å²) in [5.74, 6) is 0.157. The number of hydrogen-bond acceptors (Lipinski definition) is 4. The molecule has 2 heterocycles. The molecule has 1 amide bonds. The third kappa shape index (κ3) is 2.72. The monoisotopic (exact) mass is 267 g/mol. The number of piperidine rings is 1. The maximum Gasteiger partial charge on any atom is 0.265 e. The number of thiazole rings is 1. The minimum atomic E-state index is 0.157. The summed E-state index contributed by atoms with van der Waals surface area (Å²) in [6.45, 7) is 5.69. The van der Waals surface area contributed by atoms with Crippen molar-refractivity contribution < 1.29 is 4.79 Å². The molecule has 0 saturated carbocycles. The molecular weight excluding hydrogens is 246 g/mol. The van der Waals surface area contributed by atoms with Crippen LogP contribution in [0, 0.1) is 6.92 Å². The molecule has 1 saturated heterocycles. The molecule has 18 heavy (non-hydrogen) atoms. The lowest BCUT2D eigenvalue weighted by atomic mass is 10.1. The fraction of sp³-hybridized carbons (Fsp3) is 0.692. The van der Waals surface area contributed by atoms with Crippen LogP contribution in [0.1, 0.15) is 40.1 Å². The Bertz CT molecular complexity index is 430. The van der Waals surface area contributed by atoms with E-state index in [0.29, 0.717) is 6.04 Å². The molecule has 1 unspecified atom stereocenters. The minimum Gasteiger partial charge on any atom is -0.336 e. The van der Waals surface area contributed by atoms with Crippen LogP contribution in [0.25, 0.3) is 0 Å². The molecule has 0 bridgehead atoms. The van der Waals surface area contributed by atoms with Crippen molar-refractivity contribution in [3.63, 3.8) is 0 Å². The second kappa shape index (κ2) is 5.80. The van der Waals surface area contributed by atoms with Gasteiger partial charge in [-0.1, -0.05) is 6.92 Å². The quantitative estimate of drug-likeness (QED) is 0.909. The molecule has 1 N–H and O–H groups in total. The Balaban J connectivity index is 2.12. The zero-order valence-corrected chi connectivity index (χ0v) is 12.1. The van der Waals surface area contributed by atoms with E-state index in [1.54, 1.807) is 11.3 Å². The van der Waals surface area contributed by atoms with E-state index in [2.05, 4.69) is 17.2 Å². The summed E-state index contributed by atoms with van der Waals surface area (Å²) in [5.41, 5.74) is 0.883. The number of aryl methyl sites for hydroxylation is 2. The van der Waals surface area contributed by atoms with Gasteiger partial charge < -0.3 is 10.2 Å². The van der Waals surface area contributed by atoms with Crippen molar-refractivity contribution in [3.8, 4) is 0 Å². The lowest BCUT2D eigenvalue weighted by Gasteiger charge is -2.32. The molecule has 0 aromatic carbocycles. The van der Waals surface area contributed by atoms with Gasteiger partial charge in [0.25, 0.3) is 5.91 Å². The van der Waals surface area contributed by atoms with Crippen LogP contribution in [0.2, 0.25) is 0 Å². The Morgan fingerprint density at radius 3 is 3.00 bits per heavy atom. The lowest BCUT2D eigenvalue weighted by molar-refractivity contribution is 0.0702. The van der Waals surface area contributed by atoms with Crippen molar-refractivity contribution in [2.75, 3.05) is 20.1 Å². The van der Waals surface area contributed by atoms with Gasteiger partial charge in [-0.25, -0.2) is 4.98 Å². The number of aromatic nitrogens is 1. The molecule has 1 aliphatic rings. The van der Waals surface area contributed by atoms with Crippen LogP contribution in [0.3, 0.4) is 0 Å². The highest BCUT2D eigenvalue weighted by Gasteiger charge is 2.26. The molecule has 1 atom stereocenters. The number of carbonyl (C=O) groups is 1. The van der Waals surface area contributed by atoms with Crippen LogP contribution in [0.5, 0.6) is 0 Å². The molecule has 0 spiro atoms. The molecular formula is C13H21N3OS. The number of hydrogen-bond donors (Lipinski definition) is 1. The van der Waals surface area contributed by atoms with Gasteiger partial charge in [-0.3, -0.25) is 4.79 Å². The molecule has 2 rings (SSSR count). The Morgan fingerprint density at radius 1 is 1.61 bits per heavy atom. The second-order valence-corrected chi connectivity index (χ2v) is 5.84. The number of nitrogens with one attached hydrogen (secondary N) is 1. The molecule has 1 fully saturated rings. The lowest BCUT2D eigenvalue weighted by Crippen LogP contribution is -2.46. The van der Waals surface area contributed by atoms with Crippen molar-refractivity contribution in [2.24, 2.45) is 0 Å². The average Bonchev–Trinajstić information content (AvgIpc) is 2.79. The van der Waals surface area contributed by atoms with E-state index in [-0.39, 0.29) is 5.91 Å². The maximum absolute atomic E-state index is 12.5. The van der Waals surface area contributed by atoms with Gasteiger partial charge in [0.1, 0.15) is 4.88 Å². The van der Waals surface area contributed by atoms with E-state index in [0.717, 1.165) is 47.9 Å². The van der Waals surface area contributed by atoms with Gasteiger partial charge >= 0.3 is 0 Å². The molecule has 4 nitrogen and oxygen atoms in total. The highest BCUT2D eigenvalue weighted by atomic mass is 32.1. The molecule has 100 valence electrons. The van der Waals surface area contributed by atoms with Crippen LogP contribution in [-0.4, -0.2) is 42.0 Å². The van der Waals surface area contributed by atoms with Crippen LogP contribution in [0.15, 0.2) is 0 Å². The Morgan fingerprint density at radius 2 is 2.39 bits per heavy atom.